The molecule has 1 fully saturated rings. The molecule has 0 radical (unpaired) electrons. The second-order valence-corrected chi connectivity index (χ2v) is 8.32. The molecule has 0 atom stereocenters. The molecule has 4 rings (SSSR count). The van der Waals surface area contributed by atoms with Crippen molar-refractivity contribution in [2.24, 2.45) is 4.99 Å². The maximum atomic E-state index is 13.9. The molecule has 5 nitrogen and oxygen atoms in total. The van der Waals surface area contributed by atoms with E-state index in [0.29, 0.717) is 19.8 Å². The van der Waals surface area contributed by atoms with Gasteiger partial charge in [0.15, 0.2) is 5.96 Å². The highest BCUT2D eigenvalue weighted by Crippen LogP contribution is 2.35. The smallest absolute Gasteiger partial charge is 0.191 e. The van der Waals surface area contributed by atoms with E-state index in [0.717, 1.165) is 62.7 Å². The van der Waals surface area contributed by atoms with Gasteiger partial charge in [0.05, 0.1) is 13.2 Å². The number of guanidine groups is 1. The van der Waals surface area contributed by atoms with Gasteiger partial charge in [-0.15, -0.1) is 0 Å². The monoisotopic (exact) mass is 425 g/mol. The van der Waals surface area contributed by atoms with E-state index >= 15 is 0 Å². The number of nitrogens with one attached hydrogen (secondary N) is 2. The molecule has 31 heavy (non-hydrogen) atoms. The Morgan fingerprint density at radius 3 is 2.77 bits per heavy atom. The predicted molar refractivity (Wildman–Crippen MR) is 121 cm³/mol. The zero-order valence-electron chi connectivity index (χ0n) is 18.3. The molecule has 2 aliphatic heterocycles. The number of hydrogen-bond donors (Lipinski definition) is 2. The van der Waals surface area contributed by atoms with Crippen molar-refractivity contribution in [3.05, 3.63) is 65.0 Å². The van der Waals surface area contributed by atoms with Crippen LogP contribution in [0.2, 0.25) is 0 Å². The van der Waals surface area contributed by atoms with Crippen LogP contribution in [-0.4, -0.2) is 45.4 Å². The number of rotatable bonds is 7. The largest absolute Gasteiger partial charge is 0.493 e. The van der Waals surface area contributed by atoms with Gasteiger partial charge < -0.3 is 20.1 Å². The summed E-state index contributed by atoms with van der Waals surface area (Å²) in [6.07, 6.45) is 3.60. The lowest BCUT2D eigenvalue weighted by Crippen LogP contribution is -2.41. The molecule has 2 aliphatic rings. The van der Waals surface area contributed by atoms with Crippen molar-refractivity contribution in [2.45, 2.75) is 38.0 Å². The SMILES string of the molecule is CCNC(=NCC1(c2cccc(F)c2)CCOCC1)NCCc1ccc2c(c1)CCO2. The van der Waals surface area contributed by atoms with E-state index in [1.54, 1.807) is 12.1 Å². The van der Waals surface area contributed by atoms with Gasteiger partial charge in [-0.1, -0.05) is 24.3 Å². The highest BCUT2D eigenvalue weighted by Gasteiger charge is 2.34. The molecule has 0 amide bonds. The minimum absolute atomic E-state index is 0.192. The quantitative estimate of drug-likeness (QED) is 0.526. The fraction of sp³-hybridized carbons (Fsp3) is 0.480. The molecular formula is C25H32FN3O2. The first-order valence-corrected chi connectivity index (χ1v) is 11.3. The minimum Gasteiger partial charge on any atom is -0.493 e. The molecule has 2 aromatic carbocycles. The summed E-state index contributed by atoms with van der Waals surface area (Å²) in [6.45, 7) is 6.39. The Labute approximate surface area is 184 Å². The van der Waals surface area contributed by atoms with Crippen molar-refractivity contribution in [3.63, 3.8) is 0 Å². The molecule has 0 aliphatic carbocycles. The van der Waals surface area contributed by atoms with Gasteiger partial charge in [0.2, 0.25) is 0 Å². The molecular weight excluding hydrogens is 393 g/mol. The minimum atomic E-state index is -0.197. The van der Waals surface area contributed by atoms with Crippen molar-refractivity contribution in [2.75, 3.05) is 39.5 Å². The number of aliphatic imine (C=N–C) groups is 1. The van der Waals surface area contributed by atoms with Gasteiger partial charge in [0.1, 0.15) is 11.6 Å². The van der Waals surface area contributed by atoms with Crippen molar-refractivity contribution in [1.29, 1.82) is 0 Å². The Morgan fingerprint density at radius 1 is 1.10 bits per heavy atom. The molecule has 0 unspecified atom stereocenters. The standard InChI is InChI=1S/C25H32FN3O2/c1-2-27-24(28-12-8-19-6-7-23-20(16-19)9-13-31-23)29-18-25(10-14-30-15-11-25)21-4-3-5-22(26)17-21/h3-7,16-17H,2,8-15,18H2,1H3,(H2,27,28,29). The Kier molecular flexibility index (Phi) is 7.07. The number of hydrogen-bond acceptors (Lipinski definition) is 3. The van der Waals surface area contributed by atoms with E-state index in [-0.39, 0.29) is 11.2 Å². The predicted octanol–water partition coefficient (Wildman–Crippen LogP) is 3.61. The van der Waals surface area contributed by atoms with Gasteiger partial charge >= 0.3 is 0 Å². The summed E-state index contributed by atoms with van der Waals surface area (Å²) in [5, 5.41) is 6.80. The van der Waals surface area contributed by atoms with E-state index in [2.05, 4.69) is 35.8 Å². The van der Waals surface area contributed by atoms with Gasteiger partial charge in [0.25, 0.3) is 0 Å². The number of fused-ring (bicyclic) bond motifs is 1. The first-order chi connectivity index (χ1) is 15.2. The van der Waals surface area contributed by atoms with E-state index in [1.165, 1.54) is 17.2 Å². The van der Waals surface area contributed by atoms with Gasteiger partial charge in [-0.25, -0.2) is 4.39 Å². The molecule has 0 spiro atoms. The normalized spacial score (nSPS) is 17.7. The molecule has 2 aromatic rings. The lowest BCUT2D eigenvalue weighted by Gasteiger charge is -2.36. The van der Waals surface area contributed by atoms with Crippen LogP contribution in [-0.2, 0) is 23.0 Å². The van der Waals surface area contributed by atoms with Gasteiger partial charge in [0, 0.05) is 38.1 Å². The number of benzene rings is 2. The van der Waals surface area contributed by atoms with Crippen LogP contribution in [0.25, 0.3) is 0 Å². The molecule has 1 saturated heterocycles. The van der Waals surface area contributed by atoms with Crippen LogP contribution in [0, 0.1) is 5.82 Å². The summed E-state index contributed by atoms with van der Waals surface area (Å²) < 4.78 is 25.1. The summed E-state index contributed by atoms with van der Waals surface area (Å²) >= 11 is 0. The molecule has 2 heterocycles. The molecule has 6 heteroatoms. The van der Waals surface area contributed by atoms with E-state index in [1.807, 2.05) is 6.07 Å². The fourth-order valence-electron chi connectivity index (χ4n) is 4.41. The Morgan fingerprint density at radius 2 is 1.97 bits per heavy atom. The third-order valence-corrected chi connectivity index (χ3v) is 6.23. The van der Waals surface area contributed by atoms with Crippen LogP contribution in [0.4, 0.5) is 4.39 Å². The molecule has 0 bridgehead atoms. The third kappa shape index (κ3) is 5.37. The average Bonchev–Trinajstić information content (AvgIpc) is 3.26. The van der Waals surface area contributed by atoms with Crippen LogP contribution < -0.4 is 15.4 Å². The lowest BCUT2D eigenvalue weighted by molar-refractivity contribution is 0.0530. The molecule has 0 aromatic heterocycles. The number of nitrogens with zero attached hydrogens (tertiary/aromatic N) is 1. The maximum Gasteiger partial charge on any atom is 0.191 e. The van der Waals surface area contributed by atoms with Crippen molar-refractivity contribution in [3.8, 4) is 5.75 Å². The summed E-state index contributed by atoms with van der Waals surface area (Å²) in [6, 6.07) is 13.4. The van der Waals surface area contributed by atoms with Gasteiger partial charge in [-0.3, -0.25) is 4.99 Å². The fourth-order valence-corrected chi connectivity index (χ4v) is 4.41. The summed E-state index contributed by atoms with van der Waals surface area (Å²) in [7, 11) is 0. The summed E-state index contributed by atoms with van der Waals surface area (Å²) in [4.78, 5) is 4.90. The molecule has 2 N–H and O–H groups in total. The van der Waals surface area contributed by atoms with E-state index in [4.69, 9.17) is 14.5 Å². The number of ether oxygens (including phenoxy) is 2. The van der Waals surface area contributed by atoms with Crippen LogP contribution in [0.3, 0.4) is 0 Å². The lowest BCUT2D eigenvalue weighted by atomic mass is 9.74. The summed E-state index contributed by atoms with van der Waals surface area (Å²) in [5.41, 5.74) is 3.42. The topological polar surface area (TPSA) is 54.9 Å². The van der Waals surface area contributed by atoms with Crippen molar-refractivity contribution in [1.82, 2.24) is 10.6 Å². The van der Waals surface area contributed by atoms with Crippen LogP contribution in [0.5, 0.6) is 5.75 Å². The first-order valence-electron chi connectivity index (χ1n) is 11.3. The van der Waals surface area contributed by atoms with Gasteiger partial charge in [-0.2, -0.15) is 0 Å². The van der Waals surface area contributed by atoms with E-state index in [9.17, 15) is 4.39 Å². The second-order valence-electron chi connectivity index (χ2n) is 8.32. The zero-order valence-corrected chi connectivity index (χ0v) is 18.3. The Hall–Kier alpha value is -2.60. The summed E-state index contributed by atoms with van der Waals surface area (Å²) in [5.74, 6) is 1.62. The highest BCUT2D eigenvalue weighted by molar-refractivity contribution is 5.79. The third-order valence-electron chi connectivity index (χ3n) is 6.23. The van der Waals surface area contributed by atoms with Crippen molar-refractivity contribution < 1.29 is 13.9 Å². The number of halogens is 1. The first kappa shape index (κ1) is 21.6. The molecule has 166 valence electrons. The zero-order chi connectivity index (χ0) is 21.5. The molecule has 0 saturated carbocycles. The van der Waals surface area contributed by atoms with Crippen molar-refractivity contribution >= 4 is 5.96 Å². The van der Waals surface area contributed by atoms with Crippen LogP contribution in [0.1, 0.15) is 36.5 Å². The van der Waals surface area contributed by atoms with E-state index < -0.39 is 0 Å². The average molecular weight is 426 g/mol. The van der Waals surface area contributed by atoms with Crippen LogP contribution in [0.15, 0.2) is 47.5 Å². The van der Waals surface area contributed by atoms with Crippen LogP contribution >= 0.6 is 0 Å². The Balaban J connectivity index is 1.42. The highest BCUT2D eigenvalue weighted by atomic mass is 19.1. The van der Waals surface area contributed by atoms with Gasteiger partial charge in [-0.05, 0) is 61.1 Å². The second kappa shape index (κ2) is 10.1. The Bertz CT molecular complexity index is 909. The maximum absolute atomic E-state index is 13.9.